The molecule has 4 heteroatoms. The predicted molar refractivity (Wildman–Crippen MR) is 64.2 cm³/mol. The maximum Gasteiger partial charge on any atom is 0.147 e. The van der Waals surface area contributed by atoms with Crippen molar-refractivity contribution in [3.05, 3.63) is 17.3 Å². The molecule has 0 amide bonds. The van der Waals surface area contributed by atoms with Gasteiger partial charge in [-0.3, -0.25) is 0 Å². The van der Waals surface area contributed by atoms with E-state index in [1.165, 1.54) is 12.8 Å². The van der Waals surface area contributed by atoms with Crippen molar-refractivity contribution in [2.75, 3.05) is 17.7 Å². The number of rotatable bonds is 3. The summed E-state index contributed by atoms with van der Waals surface area (Å²) in [5.41, 5.74) is 6.22. The van der Waals surface area contributed by atoms with Crippen LogP contribution in [0.3, 0.4) is 0 Å². The maximum absolute atomic E-state index is 6.11. The number of pyridine rings is 1. The topological polar surface area (TPSA) is 42.2 Å². The van der Waals surface area contributed by atoms with Crippen LogP contribution in [0.1, 0.15) is 19.8 Å². The highest BCUT2D eigenvalue weighted by molar-refractivity contribution is 6.33. The predicted octanol–water partition coefficient (Wildman–Crippen LogP) is 2.55. The molecule has 0 aliphatic heterocycles. The SMILES string of the molecule is CC(C1CC1)N(C)c1ncc(N)cc1Cl. The molecule has 2 rings (SSSR count). The van der Waals surface area contributed by atoms with E-state index in [2.05, 4.69) is 16.8 Å². The van der Waals surface area contributed by atoms with Crippen LogP contribution >= 0.6 is 11.6 Å². The smallest absolute Gasteiger partial charge is 0.147 e. The first-order valence-electron chi connectivity index (χ1n) is 5.23. The number of anilines is 2. The number of nitrogen functional groups attached to an aromatic ring is 1. The fourth-order valence-corrected chi connectivity index (χ4v) is 2.10. The third-order valence-corrected chi connectivity index (χ3v) is 3.37. The third-order valence-electron chi connectivity index (χ3n) is 3.09. The van der Waals surface area contributed by atoms with Crippen LogP contribution in [0.15, 0.2) is 12.3 Å². The van der Waals surface area contributed by atoms with Gasteiger partial charge in [0.2, 0.25) is 0 Å². The fourth-order valence-electron chi connectivity index (χ4n) is 1.79. The van der Waals surface area contributed by atoms with Crippen molar-refractivity contribution in [3.63, 3.8) is 0 Å². The second kappa shape index (κ2) is 3.89. The Morgan fingerprint density at radius 3 is 2.80 bits per heavy atom. The summed E-state index contributed by atoms with van der Waals surface area (Å²) < 4.78 is 0. The largest absolute Gasteiger partial charge is 0.397 e. The standard InChI is InChI=1S/C11H16ClN3/c1-7(8-3-4-8)15(2)11-10(12)5-9(13)6-14-11/h5-8H,3-4,13H2,1-2H3. The fraction of sp³-hybridized carbons (Fsp3) is 0.545. The molecule has 82 valence electrons. The summed E-state index contributed by atoms with van der Waals surface area (Å²) in [4.78, 5) is 6.42. The lowest BCUT2D eigenvalue weighted by Gasteiger charge is -2.26. The maximum atomic E-state index is 6.11. The number of halogens is 1. The first kappa shape index (κ1) is 10.6. The van der Waals surface area contributed by atoms with Crippen LogP contribution in [0.5, 0.6) is 0 Å². The van der Waals surface area contributed by atoms with E-state index in [0.717, 1.165) is 11.7 Å². The van der Waals surface area contributed by atoms with Gasteiger partial charge in [-0.25, -0.2) is 4.98 Å². The highest BCUT2D eigenvalue weighted by Crippen LogP contribution is 2.37. The van der Waals surface area contributed by atoms with Gasteiger partial charge in [-0.1, -0.05) is 11.6 Å². The summed E-state index contributed by atoms with van der Waals surface area (Å²) >= 11 is 6.11. The van der Waals surface area contributed by atoms with Gasteiger partial charge in [-0.2, -0.15) is 0 Å². The summed E-state index contributed by atoms with van der Waals surface area (Å²) in [5, 5.41) is 0.630. The lowest BCUT2D eigenvalue weighted by atomic mass is 10.2. The molecule has 0 bridgehead atoms. The van der Waals surface area contributed by atoms with E-state index in [1.54, 1.807) is 12.3 Å². The Hall–Kier alpha value is -0.960. The molecule has 1 unspecified atom stereocenters. The van der Waals surface area contributed by atoms with Crippen LogP contribution in [0, 0.1) is 5.92 Å². The van der Waals surface area contributed by atoms with Crippen molar-refractivity contribution in [2.24, 2.45) is 5.92 Å². The first-order chi connectivity index (χ1) is 7.09. The quantitative estimate of drug-likeness (QED) is 0.860. The molecule has 1 atom stereocenters. The molecule has 1 saturated carbocycles. The molecule has 3 nitrogen and oxygen atoms in total. The molecule has 15 heavy (non-hydrogen) atoms. The second-order valence-corrected chi connectivity index (χ2v) is 4.67. The van der Waals surface area contributed by atoms with E-state index in [-0.39, 0.29) is 0 Å². The Morgan fingerprint density at radius 2 is 2.27 bits per heavy atom. The number of nitrogens with zero attached hydrogens (tertiary/aromatic N) is 2. The number of aromatic nitrogens is 1. The van der Waals surface area contributed by atoms with E-state index >= 15 is 0 Å². The minimum Gasteiger partial charge on any atom is -0.397 e. The average molecular weight is 226 g/mol. The van der Waals surface area contributed by atoms with Gasteiger partial charge >= 0.3 is 0 Å². The van der Waals surface area contributed by atoms with Gasteiger partial charge in [0.05, 0.1) is 16.9 Å². The lowest BCUT2D eigenvalue weighted by Crippen LogP contribution is -2.31. The zero-order chi connectivity index (χ0) is 11.0. The molecule has 1 aliphatic carbocycles. The molecule has 1 heterocycles. The van der Waals surface area contributed by atoms with Gasteiger partial charge in [0.25, 0.3) is 0 Å². The summed E-state index contributed by atoms with van der Waals surface area (Å²) in [5.74, 6) is 1.62. The van der Waals surface area contributed by atoms with Gasteiger partial charge in [0.15, 0.2) is 0 Å². The zero-order valence-electron chi connectivity index (χ0n) is 9.07. The number of nitrogens with two attached hydrogens (primary N) is 1. The van der Waals surface area contributed by atoms with Crippen molar-refractivity contribution < 1.29 is 0 Å². The Bertz CT molecular complexity index is 363. The molecule has 0 radical (unpaired) electrons. The van der Waals surface area contributed by atoms with E-state index in [0.29, 0.717) is 16.8 Å². The Kier molecular flexibility index (Phi) is 2.74. The summed E-state index contributed by atoms with van der Waals surface area (Å²) in [6.45, 7) is 2.21. The number of hydrogen-bond acceptors (Lipinski definition) is 3. The zero-order valence-corrected chi connectivity index (χ0v) is 9.83. The van der Waals surface area contributed by atoms with Crippen molar-refractivity contribution in [1.29, 1.82) is 0 Å². The normalized spacial score (nSPS) is 17.5. The molecule has 1 aliphatic rings. The van der Waals surface area contributed by atoms with Crippen molar-refractivity contribution >= 4 is 23.1 Å². The van der Waals surface area contributed by atoms with Crippen LogP contribution in [0.4, 0.5) is 11.5 Å². The molecule has 2 N–H and O–H groups in total. The molecule has 1 fully saturated rings. The highest BCUT2D eigenvalue weighted by Gasteiger charge is 2.31. The third kappa shape index (κ3) is 2.17. The first-order valence-corrected chi connectivity index (χ1v) is 5.61. The van der Waals surface area contributed by atoms with Gasteiger partial charge in [0.1, 0.15) is 5.82 Å². The van der Waals surface area contributed by atoms with Gasteiger partial charge in [-0.05, 0) is 31.7 Å². The van der Waals surface area contributed by atoms with E-state index in [4.69, 9.17) is 17.3 Å². The van der Waals surface area contributed by atoms with Gasteiger partial charge < -0.3 is 10.6 Å². The van der Waals surface area contributed by atoms with Gasteiger partial charge in [-0.15, -0.1) is 0 Å². The Balaban J connectivity index is 2.20. The molecule has 0 spiro atoms. The molecule has 0 saturated heterocycles. The van der Waals surface area contributed by atoms with Gasteiger partial charge in [0, 0.05) is 13.1 Å². The summed E-state index contributed by atoms with van der Waals surface area (Å²) in [7, 11) is 2.04. The monoisotopic (exact) mass is 225 g/mol. The molecular weight excluding hydrogens is 210 g/mol. The van der Waals surface area contributed by atoms with Crippen molar-refractivity contribution in [2.45, 2.75) is 25.8 Å². The molecule has 1 aromatic rings. The van der Waals surface area contributed by atoms with E-state index in [9.17, 15) is 0 Å². The molecule has 1 aromatic heterocycles. The van der Waals surface area contributed by atoms with Crippen molar-refractivity contribution in [1.82, 2.24) is 4.98 Å². The second-order valence-electron chi connectivity index (χ2n) is 4.26. The Morgan fingerprint density at radius 1 is 1.60 bits per heavy atom. The van der Waals surface area contributed by atoms with Crippen LogP contribution in [-0.4, -0.2) is 18.1 Å². The number of hydrogen-bond donors (Lipinski definition) is 1. The van der Waals surface area contributed by atoms with Crippen LogP contribution in [0.25, 0.3) is 0 Å². The van der Waals surface area contributed by atoms with Crippen molar-refractivity contribution in [3.8, 4) is 0 Å². The van der Waals surface area contributed by atoms with E-state index < -0.39 is 0 Å². The Labute approximate surface area is 95.2 Å². The summed E-state index contributed by atoms with van der Waals surface area (Å²) in [6.07, 6.45) is 4.29. The van der Waals surface area contributed by atoms with Crippen LogP contribution in [0.2, 0.25) is 5.02 Å². The van der Waals surface area contributed by atoms with E-state index in [1.807, 2.05) is 7.05 Å². The lowest BCUT2D eigenvalue weighted by molar-refractivity contribution is 0.604. The average Bonchev–Trinajstić information content (AvgIpc) is 2.99. The molecule has 0 aromatic carbocycles. The highest BCUT2D eigenvalue weighted by atomic mass is 35.5. The molecular formula is C11H16ClN3. The minimum atomic E-state index is 0.499. The van der Waals surface area contributed by atoms with Crippen LogP contribution < -0.4 is 10.6 Å². The van der Waals surface area contributed by atoms with Crippen LogP contribution in [-0.2, 0) is 0 Å². The summed E-state index contributed by atoms with van der Waals surface area (Å²) in [6, 6.07) is 2.25. The minimum absolute atomic E-state index is 0.499.